The van der Waals surface area contributed by atoms with E-state index >= 15 is 0 Å². The first-order valence-corrected chi connectivity index (χ1v) is 6.87. The Labute approximate surface area is 118 Å². The Morgan fingerprint density at radius 3 is 2.74 bits per heavy atom. The highest BCUT2D eigenvalue weighted by molar-refractivity contribution is 6.33. The van der Waals surface area contributed by atoms with Crippen LogP contribution in [0.25, 0.3) is 0 Å². The largest absolute Gasteiger partial charge is 0.376 e. The summed E-state index contributed by atoms with van der Waals surface area (Å²) in [6.07, 6.45) is 2.67. The predicted octanol–water partition coefficient (Wildman–Crippen LogP) is 2.47. The summed E-state index contributed by atoms with van der Waals surface area (Å²) in [5, 5.41) is 3.46. The number of nitrogens with one attached hydrogen (secondary N) is 1. The van der Waals surface area contributed by atoms with Gasteiger partial charge in [0.05, 0.1) is 10.7 Å². The summed E-state index contributed by atoms with van der Waals surface area (Å²) in [5.41, 5.74) is 7.57. The van der Waals surface area contributed by atoms with Gasteiger partial charge in [-0.05, 0) is 37.0 Å². The third-order valence-electron chi connectivity index (χ3n) is 3.36. The molecule has 1 atom stereocenters. The average Bonchev–Trinajstić information content (AvgIpc) is 3.11. The minimum absolute atomic E-state index is 0.0171. The number of carbonyl (C=O) groups is 1. The fourth-order valence-electron chi connectivity index (χ4n) is 2.06. The third-order valence-corrected chi connectivity index (χ3v) is 3.66. The van der Waals surface area contributed by atoms with Crippen LogP contribution in [0.4, 0.5) is 11.4 Å². The molecule has 4 nitrogen and oxygen atoms in total. The minimum atomic E-state index is -0.0481. The molecule has 1 aliphatic carbocycles. The van der Waals surface area contributed by atoms with Gasteiger partial charge in [0.25, 0.3) is 0 Å². The molecule has 1 aliphatic rings. The standard InChI is InChI=1S/C14H20ClN3O/c1-18(2)13-6-5-10(7-11(13)15)17-14(19)8-12(16)9-3-4-9/h5-7,9,12H,3-4,8,16H2,1-2H3,(H,17,19). The molecular formula is C14H20ClN3O. The number of hydrogen-bond acceptors (Lipinski definition) is 3. The number of carbonyl (C=O) groups excluding carboxylic acids is 1. The molecule has 1 amide bonds. The Kier molecular flexibility index (Phi) is 4.32. The van der Waals surface area contributed by atoms with E-state index in [1.54, 1.807) is 6.07 Å². The summed E-state index contributed by atoms with van der Waals surface area (Å²) in [5.74, 6) is 0.485. The monoisotopic (exact) mass is 281 g/mol. The summed E-state index contributed by atoms with van der Waals surface area (Å²) in [6, 6.07) is 5.48. The van der Waals surface area contributed by atoms with E-state index < -0.39 is 0 Å². The van der Waals surface area contributed by atoms with Crippen molar-refractivity contribution in [3.05, 3.63) is 23.2 Å². The molecule has 5 heteroatoms. The Hall–Kier alpha value is -1.26. The lowest BCUT2D eigenvalue weighted by molar-refractivity contribution is -0.116. The van der Waals surface area contributed by atoms with E-state index in [9.17, 15) is 4.79 Å². The summed E-state index contributed by atoms with van der Waals surface area (Å²) < 4.78 is 0. The van der Waals surface area contributed by atoms with Gasteiger partial charge in [-0.1, -0.05) is 11.6 Å². The Bertz CT molecular complexity index is 472. The van der Waals surface area contributed by atoms with E-state index in [1.165, 1.54) is 0 Å². The third kappa shape index (κ3) is 3.85. The first-order chi connectivity index (χ1) is 8.97. The number of benzene rings is 1. The highest BCUT2D eigenvalue weighted by Gasteiger charge is 2.29. The zero-order valence-electron chi connectivity index (χ0n) is 11.3. The van der Waals surface area contributed by atoms with Crippen molar-refractivity contribution in [1.29, 1.82) is 0 Å². The average molecular weight is 282 g/mol. The summed E-state index contributed by atoms with van der Waals surface area (Å²) >= 11 is 6.16. The number of halogens is 1. The van der Waals surface area contributed by atoms with Crippen LogP contribution in [-0.4, -0.2) is 26.0 Å². The molecule has 2 rings (SSSR count). The molecule has 3 N–H and O–H groups in total. The molecule has 0 aromatic heterocycles. The smallest absolute Gasteiger partial charge is 0.225 e. The maximum Gasteiger partial charge on any atom is 0.225 e. The fraction of sp³-hybridized carbons (Fsp3) is 0.500. The molecule has 0 spiro atoms. The molecule has 1 saturated carbocycles. The van der Waals surface area contributed by atoms with Crippen molar-refractivity contribution in [1.82, 2.24) is 0 Å². The minimum Gasteiger partial charge on any atom is -0.376 e. The number of hydrogen-bond donors (Lipinski definition) is 2. The number of rotatable bonds is 5. The van der Waals surface area contributed by atoms with Gasteiger partial charge < -0.3 is 16.0 Å². The number of nitrogens with two attached hydrogens (primary N) is 1. The fourth-order valence-corrected chi connectivity index (χ4v) is 2.41. The van der Waals surface area contributed by atoms with Gasteiger partial charge in [0.1, 0.15) is 0 Å². The topological polar surface area (TPSA) is 58.4 Å². The van der Waals surface area contributed by atoms with E-state index in [0.29, 0.717) is 23.0 Å². The predicted molar refractivity (Wildman–Crippen MR) is 79.7 cm³/mol. The first kappa shape index (κ1) is 14.2. The van der Waals surface area contributed by atoms with E-state index in [-0.39, 0.29) is 11.9 Å². The van der Waals surface area contributed by atoms with Gasteiger partial charge in [0.2, 0.25) is 5.91 Å². The van der Waals surface area contributed by atoms with Crippen molar-refractivity contribution in [2.75, 3.05) is 24.3 Å². The van der Waals surface area contributed by atoms with E-state index in [1.807, 2.05) is 31.1 Å². The molecule has 0 bridgehead atoms. The lowest BCUT2D eigenvalue weighted by atomic mass is 10.1. The van der Waals surface area contributed by atoms with Crippen LogP contribution in [0.3, 0.4) is 0 Å². The van der Waals surface area contributed by atoms with Gasteiger partial charge in [0.15, 0.2) is 0 Å². The second kappa shape index (κ2) is 5.80. The number of anilines is 2. The van der Waals surface area contributed by atoms with Gasteiger partial charge in [0, 0.05) is 32.2 Å². The number of nitrogens with zero attached hydrogens (tertiary/aromatic N) is 1. The zero-order chi connectivity index (χ0) is 14.0. The lowest BCUT2D eigenvalue weighted by Gasteiger charge is -2.16. The SMILES string of the molecule is CN(C)c1ccc(NC(=O)CC(N)C2CC2)cc1Cl. The van der Waals surface area contributed by atoms with Crippen LogP contribution in [0.15, 0.2) is 18.2 Å². The molecule has 0 aliphatic heterocycles. The molecule has 1 aromatic carbocycles. The van der Waals surface area contributed by atoms with Crippen LogP contribution in [-0.2, 0) is 4.79 Å². The van der Waals surface area contributed by atoms with Gasteiger partial charge >= 0.3 is 0 Å². The van der Waals surface area contributed by atoms with Crippen LogP contribution in [0.2, 0.25) is 5.02 Å². The first-order valence-electron chi connectivity index (χ1n) is 6.49. The van der Waals surface area contributed by atoms with Crippen molar-refractivity contribution < 1.29 is 4.79 Å². The van der Waals surface area contributed by atoms with Crippen LogP contribution in [0.5, 0.6) is 0 Å². The normalized spacial score (nSPS) is 16.0. The van der Waals surface area contributed by atoms with Crippen LogP contribution in [0.1, 0.15) is 19.3 Å². The Balaban J connectivity index is 1.94. The van der Waals surface area contributed by atoms with Gasteiger partial charge in [-0.25, -0.2) is 0 Å². The van der Waals surface area contributed by atoms with Crippen LogP contribution < -0.4 is 16.0 Å². The van der Waals surface area contributed by atoms with Gasteiger partial charge in [-0.2, -0.15) is 0 Å². The van der Waals surface area contributed by atoms with Gasteiger partial charge in [-0.3, -0.25) is 4.79 Å². The summed E-state index contributed by atoms with van der Waals surface area (Å²) in [7, 11) is 3.85. The molecule has 19 heavy (non-hydrogen) atoms. The molecule has 1 aromatic rings. The van der Waals surface area contributed by atoms with Crippen molar-refractivity contribution in [3.8, 4) is 0 Å². The molecule has 0 radical (unpaired) electrons. The Morgan fingerprint density at radius 1 is 1.53 bits per heavy atom. The summed E-state index contributed by atoms with van der Waals surface area (Å²) in [6.45, 7) is 0. The molecule has 0 heterocycles. The molecule has 1 fully saturated rings. The van der Waals surface area contributed by atoms with Crippen molar-refractivity contribution in [2.45, 2.75) is 25.3 Å². The highest BCUT2D eigenvalue weighted by Crippen LogP contribution is 2.33. The van der Waals surface area contributed by atoms with E-state index in [0.717, 1.165) is 18.5 Å². The van der Waals surface area contributed by atoms with Crippen molar-refractivity contribution in [2.24, 2.45) is 11.7 Å². The van der Waals surface area contributed by atoms with Crippen LogP contribution >= 0.6 is 11.6 Å². The molecule has 0 saturated heterocycles. The maximum atomic E-state index is 11.8. The van der Waals surface area contributed by atoms with Crippen LogP contribution in [0, 0.1) is 5.92 Å². The summed E-state index contributed by atoms with van der Waals surface area (Å²) in [4.78, 5) is 13.8. The van der Waals surface area contributed by atoms with Gasteiger partial charge in [-0.15, -0.1) is 0 Å². The van der Waals surface area contributed by atoms with Crippen molar-refractivity contribution in [3.63, 3.8) is 0 Å². The lowest BCUT2D eigenvalue weighted by Crippen LogP contribution is -2.28. The number of amides is 1. The Morgan fingerprint density at radius 2 is 2.21 bits per heavy atom. The zero-order valence-corrected chi connectivity index (χ0v) is 12.1. The van der Waals surface area contributed by atoms with Crippen molar-refractivity contribution >= 4 is 28.9 Å². The maximum absolute atomic E-state index is 11.8. The molecule has 1 unspecified atom stereocenters. The second-order valence-electron chi connectivity index (χ2n) is 5.31. The van der Waals surface area contributed by atoms with E-state index in [4.69, 9.17) is 17.3 Å². The molecule has 104 valence electrons. The highest BCUT2D eigenvalue weighted by atomic mass is 35.5. The van der Waals surface area contributed by atoms with E-state index in [2.05, 4.69) is 5.32 Å². The quantitative estimate of drug-likeness (QED) is 0.872. The molecular weight excluding hydrogens is 262 g/mol. The second-order valence-corrected chi connectivity index (χ2v) is 5.72.